The van der Waals surface area contributed by atoms with Crippen LogP contribution in [0.4, 0.5) is 0 Å². The monoisotopic (exact) mass is 259 g/mol. The molecule has 0 radical (unpaired) electrons. The number of nitrogens with zero attached hydrogens (tertiary/aromatic N) is 2. The second-order valence-corrected chi connectivity index (χ2v) is 4.90. The number of hydrogen-bond donors (Lipinski definition) is 1. The second-order valence-electron chi connectivity index (χ2n) is 4.90. The van der Waals surface area contributed by atoms with Crippen LogP contribution in [0.3, 0.4) is 0 Å². The number of para-hydroxylation sites is 2. The van der Waals surface area contributed by atoms with Crippen LogP contribution < -0.4 is 10.5 Å². The van der Waals surface area contributed by atoms with Crippen LogP contribution in [0.1, 0.15) is 30.8 Å². The molecule has 0 aliphatic rings. The summed E-state index contributed by atoms with van der Waals surface area (Å²) in [4.78, 5) is 0. The predicted octanol–water partition coefficient (Wildman–Crippen LogP) is 2.74. The van der Waals surface area contributed by atoms with Crippen molar-refractivity contribution in [3.63, 3.8) is 0 Å². The summed E-state index contributed by atoms with van der Waals surface area (Å²) in [5, 5.41) is 4.58. The molecular formula is C15H21N3O. The lowest BCUT2D eigenvalue weighted by Crippen LogP contribution is -2.10. The summed E-state index contributed by atoms with van der Waals surface area (Å²) in [7, 11) is 0. The molecule has 0 atom stereocenters. The Bertz CT molecular complexity index is 573. The Kier molecular flexibility index (Phi) is 3.90. The maximum atomic E-state index is 5.85. The maximum absolute atomic E-state index is 5.85. The average Bonchev–Trinajstić information content (AvgIpc) is 2.64. The van der Waals surface area contributed by atoms with Gasteiger partial charge in [-0.1, -0.05) is 12.1 Å². The fraction of sp³-hybridized carbons (Fsp3) is 0.400. The van der Waals surface area contributed by atoms with Gasteiger partial charge in [0.2, 0.25) is 0 Å². The van der Waals surface area contributed by atoms with Crippen molar-refractivity contribution in [2.75, 3.05) is 0 Å². The lowest BCUT2D eigenvalue weighted by molar-refractivity contribution is 0.241. The molecule has 4 nitrogen and oxygen atoms in total. The fourth-order valence-corrected chi connectivity index (χ4v) is 2.19. The minimum absolute atomic E-state index is 0.132. The van der Waals surface area contributed by atoms with E-state index in [9.17, 15) is 0 Å². The summed E-state index contributed by atoms with van der Waals surface area (Å²) in [5.41, 5.74) is 9.87. The molecule has 2 N–H and O–H groups in total. The van der Waals surface area contributed by atoms with Crippen molar-refractivity contribution in [2.45, 2.75) is 40.3 Å². The Balaban J connectivity index is 2.53. The van der Waals surface area contributed by atoms with Crippen LogP contribution in [0.15, 0.2) is 24.3 Å². The van der Waals surface area contributed by atoms with Crippen LogP contribution >= 0.6 is 0 Å². The highest BCUT2D eigenvalue weighted by molar-refractivity contribution is 5.48. The molecule has 0 fully saturated rings. The molecule has 1 heterocycles. The molecule has 1 aromatic carbocycles. The zero-order chi connectivity index (χ0) is 14.0. The van der Waals surface area contributed by atoms with Crippen molar-refractivity contribution in [1.82, 2.24) is 9.78 Å². The maximum Gasteiger partial charge on any atom is 0.145 e. The number of aromatic nitrogens is 2. The van der Waals surface area contributed by atoms with Crippen LogP contribution in [0.25, 0.3) is 5.69 Å². The summed E-state index contributed by atoms with van der Waals surface area (Å²) < 4.78 is 7.76. The molecule has 1 aromatic heterocycles. The van der Waals surface area contributed by atoms with Gasteiger partial charge in [0, 0.05) is 17.8 Å². The van der Waals surface area contributed by atoms with E-state index in [0.29, 0.717) is 6.54 Å². The van der Waals surface area contributed by atoms with Crippen LogP contribution in [-0.2, 0) is 6.54 Å². The van der Waals surface area contributed by atoms with Crippen LogP contribution in [0, 0.1) is 13.8 Å². The van der Waals surface area contributed by atoms with Gasteiger partial charge in [0.05, 0.1) is 11.8 Å². The van der Waals surface area contributed by atoms with Crippen LogP contribution in [-0.4, -0.2) is 15.9 Å². The number of benzene rings is 1. The van der Waals surface area contributed by atoms with E-state index in [1.807, 2.05) is 56.6 Å². The molecule has 19 heavy (non-hydrogen) atoms. The van der Waals surface area contributed by atoms with Gasteiger partial charge in [-0.25, -0.2) is 4.68 Å². The highest BCUT2D eigenvalue weighted by Gasteiger charge is 2.14. The first-order valence-corrected chi connectivity index (χ1v) is 6.55. The Labute approximate surface area is 114 Å². The number of ether oxygens (including phenoxy) is 1. The minimum Gasteiger partial charge on any atom is -0.489 e. The van der Waals surface area contributed by atoms with Crippen LogP contribution in [0.2, 0.25) is 0 Å². The highest BCUT2D eigenvalue weighted by atomic mass is 16.5. The van der Waals surface area contributed by atoms with Gasteiger partial charge < -0.3 is 10.5 Å². The largest absolute Gasteiger partial charge is 0.489 e. The van der Waals surface area contributed by atoms with Gasteiger partial charge in [-0.05, 0) is 39.8 Å². The molecule has 4 heteroatoms. The van der Waals surface area contributed by atoms with Gasteiger partial charge >= 0.3 is 0 Å². The Morgan fingerprint density at radius 2 is 1.95 bits per heavy atom. The summed E-state index contributed by atoms with van der Waals surface area (Å²) in [6.07, 6.45) is 0.132. The number of nitrogens with two attached hydrogens (primary N) is 1. The molecule has 0 saturated carbocycles. The molecule has 0 aliphatic heterocycles. The van der Waals surface area contributed by atoms with Gasteiger partial charge in [0.15, 0.2) is 0 Å². The van der Waals surface area contributed by atoms with E-state index in [4.69, 9.17) is 10.5 Å². The van der Waals surface area contributed by atoms with Gasteiger partial charge in [-0.15, -0.1) is 0 Å². The van der Waals surface area contributed by atoms with Crippen molar-refractivity contribution in [3.05, 3.63) is 41.2 Å². The summed E-state index contributed by atoms with van der Waals surface area (Å²) >= 11 is 0. The summed E-state index contributed by atoms with van der Waals surface area (Å²) in [5.74, 6) is 0.840. The first-order valence-electron chi connectivity index (χ1n) is 6.55. The molecule has 0 spiro atoms. The smallest absolute Gasteiger partial charge is 0.145 e. The number of hydrogen-bond acceptors (Lipinski definition) is 3. The third-order valence-electron chi connectivity index (χ3n) is 3.10. The third kappa shape index (κ3) is 2.63. The highest BCUT2D eigenvalue weighted by Crippen LogP contribution is 2.26. The lowest BCUT2D eigenvalue weighted by Gasteiger charge is -2.15. The van der Waals surface area contributed by atoms with Gasteiger partial charge in [-0.3, -0.25) is 0 Å². The van der Waals surface area contributed by atoms with Gasteiger partial charge in [0.25, 0.3) is 0 Å². The van der Waals surface area contributed by atoms with Gasteiger partial charge in [-0.2, -0.15) is 5.10 Å². The normalized spacial score (nSPS) is 11.1. The molecule has 0 bridgehead atoms. The molecule has 0 saturated heterocycles. The van der Waals surface area contributed by atoms with Crippen molar-refractivity contribution >= 4 is 0 Å². The number of rotatable bonds is 4. The van der Waals surface area contributed by atoms with E-state index in [-0.39, 0.29) is 6.10 Å². The topological polar surface area (TPSA) is 53.1 Å². The Morgan fingerprint density at radius 1 is 1.26 bits per heavy atom. The fourth-order valence-electron chi connectivity index (χ4n) is 2.19. The molecule has 102 valence electrons. The Hall–Kier alpha value is -1.81. The van der Waals surface area contributed by atoms with E-state index in [2.05, 4.69) is 5.10 Å². The zero-order valence-corrected chi connectivity index (χ0v) is 12.0. The lowest BCUT2D eigenvalue weighted by atomic mass is 10.2. The molecule has 0 aliphatic carbocycles. The SMILES string of the molecule is Cc1nn(-c2ccccc2OC(C)C)c(C)c1CN. The quantitative estimate of drug-likeness (QED) is 0.918. The standard InChI is InChI=1S/C15H21N3O/c1-10(2)19-15-8-6-5-7-14(15)18-12(4)13(9-16)11(3)17-18/h5-8,10H,9,16H2,1-4H3. The zero-order valence-electron chi connectivity index (χ0n) is 12.0. The van der Waals surface area contributed by atoms with Gasteiger partial charge in [0.1, 0.15) is 11.4 Å². The second kappa shape index (κ2) is 5.45. The van der Waals surface area contributed by atoms with E-state index in [0.717, 1.165) is 28.4 Å². The third-order valence-corrected chi connectivity index (χ3v) is 3.10. The van der Waals surface area contributed by atoms with E-state index >= 15 is 0 Å². The van der Waals surface area contributed by atoms with Crippen molar-refractivity contribution in [3.8, 4) is 11.4 Å². The predicted molar refractivity (Wildman–Crippen MR) is 76.7 cm³/mol. The molecule has 2 rings (SSSR count). The van der Waals surface area contributed by atoms with E-state index in [1.165, 1.54) is 0 Å². The first kappa shape index (κ1) is 13.6. The van der Waals surface area contributed by atoms with E-state index < -0.39 is 0 Å². The van der Waals surface area contributed by atoms with E-state index in [1.54, 1.807) is 0 Å². The molecule has 0 amide bonds. The first-order chi connectivity index (χ1) is 9.04. The molecule has 0 unspecified atom stereocenters. The average molecular weight is 259 g/mol. The van der Waals surface area contributed by atoms with Crippen LogP contribution in [0.5, 0.6) is 5.75 Å². The summed E-state index contributed by atoms with van der Waals surface area (Å²) in [6.45, 7) is 8.56. The minimum atomic E-state index is 0.132. The summed E-state index contributed by atoms with van der Waals surface area (Å²) in [6, 6.07) is 7.93. The van der Waals surface area contributed by atoms with Crippen molar-refractivity contribution in [1.29, 1.82) is 0 Å². The number of aryl methyl sites for hydroxylation is 1. The molecule has 2 aromatic rings. The molecular weight excluding hydrogens is 238 g/mol. The Morgan fingerprint density at radius 3 is 2.53 bits per heavy atom. The van der Waals surface area contributed by atoms with Crippen molar-refractivity contribution in [2.24, 2.45) is 5.73 Å². The van der Waals surface area contributed by atoms with Crippen molar-refractivity contribution < 1.29 is 4.74 Å².